The van der Waals surface area contributed by atoms with Gasteiger partial charge in [0.05, 0.1) is 6.10 Å². The lowest BCUT2D eigenvalue weighted by Crippen LogP contribution is -2.38. The Bertz CT molecular complexity index is 414. The zero-order chi connectivity index (χ0) is 14.5. The number of aliphatic hydroxyl groups is 1. The number of benzene rings is 1. The van der Waals surface area contributed by atoms with E-state index >= 15 is 0 Å². The van der Waals surface area contributed by atoms with E-state index in [1.807, 2.05) is 12.1 Å². The van der Waals surface area contributed by atoms with Crippen molar-refractivity contribution in [2.45, 2.75) is 71.0 Å². The lowest BCUT2D eigenvalue weighted by atomic mass is 9.83. The topological polar surface area (TPSA) is 29.5 Å². The predicted octanol–water partition coefficient (Wildman–Crippen LogP) is 4.52. The molecule has 0 bridgehead atoms. The molecule has 1 aromatic rings. The minimum absolute atomic E-state index is 0.0392. The second kappa shape index (κ2) is 7.12. The van der Waals surface area contributed by atoms with Gasteiger partial charge in [0.2, 0.25) is 0 Å². The van der Waals surface area contributed by atoms with Gasteiger partial charge in [-0.2, -0.15) is 0 Å². The third-order valence-corrected chi connectivity index (χ3v) is 4.37. The van der Waals surface area contributed by atoms with Crippen LogP contribution in [-0.4, -0.2) is 17.3 Å². The van der Waals surface area contributed by atoms with Gasteiger partial charge in [0.25, 0.3) is 0 Å². The highest BCUT2D eigenvalue weighted by molar-refractivity contribution is 5.30. The normalized spacial score (nSPS) is 26.8. The summed E-state index contributed by atoms with van der Waals surface area (Å²) in [6.45, 7) is 6.60. The van der Waals surface area contributed by atoms with Crippen molar-refractivity contribution >= 4 is 0 Å². The predicted molar refractivity (Wildman–Crippen MR) is 83.2 cm³/mol. The van der Waals surface area contributed by atoms with E-state index < -0.39 is 0 Å². The minimum atomic E-state index is -0.314. The summed E-state index contributed by atoms with van der Waals surface area (Å²) in [7, 11) is 0. The Labute approximate surface area is 123 Å². The van der Waals surface area contributed by atoms with Gasteiger partial charge >= 0.3 is 0 Å². The van der Waals surface area contributed by atoms with Crippen molar-refractivity contribution in [2.24, 2.45) is 5.92 Å². The molecule has 2 nitrogen and oxygen atoms in total. The van der Waals surface area contributed by atoms with Crippen LogP contribution in [0.15, 0.2) is 24.3 Å². The lowest BCUT2D eigenvalue weighted by molar-refractivity contribution is -0.0117. The van der Waals surface area contributed by atoms with Crippen LogP contribution in [0.25, 0.3) is 0 Å². The average molecular weight is 276 g/mol. The highest BCUT2D eigenvalue weighted by atomic mass is 16.5. The highest BCUT2D eigenvalue weighted by Crippen LogP contribution is 2.31. The van der Waals surface area contributed by atoms with Gasteiger partial charge in [0, 0.05) is 0 Å². The molecule has 0 aromatic heterocycles. The molecule has 0 aliphatic heterocycles. The van der Waals surface area contributed by atoms with E-state index in [1.165, 1.54) is 18.4 Å². The van der Waals surface area contributed by atoms with Crippen molar-refractivity contribution in [2.75, 3.05) is 0 Å². The van der Waals surface area contributed by atoms with Gasteiger partial charge in [-0.3, -0.25) is 0 Å². The molecule has 20 heavy (non-hydrogen) atoms. The molecular formula is C18H28O2. The molecular weight excluding hydrogens is 248 g/mol. The average Bonchev–Trinajstić information content (AvgIpc) is 2.43. The van der Waals surface area contributed by atoms with Crippen molar-refractivity contribution in [3.8, 4) is 5.75 Å². The molecule has 2 rings (SSSR count). The maximum absolute atomic E-state index is 10.2. The summed E-state index contributed by atoms with van der Waals surface area (Å²) >= 11 is 0. The largest absolute Gasteiger partial charge is 0.488 e. The maximum Gasteiger partial charge on any atom is 0.125 e. The van der Waals surface area contributed by atoms with E-state index in [9.17, 15) is 5.11 Å². The summed E-state index contributed by atoms with van der Waals surface area (Å²) in [5.74, 6) is 2.11. The first kappa shape index (κ1) is 15.4. The molecule has 3 atom stereocenters. The van der Waals surface area contributed by atoms with Crippen molar-refractivity contribution in [3.63, 3.8) is 0 Å². The summed E-state index contributed by atoms with van der Waals surface area (Å²) in [5, 5.41) is 10.2. The molecule has 0 spiro atoms. The third-order valence-electron chi connectivity index (χ3n) is 4.37. The molecule has 2 heteroatoms. The zero-order valence-electron chi connectivity index (χ0n) is 13.0. The van der Waals surface area contributed by atoms with Crippen LogP contribution in [0.1, 0.15) is 64.4 Å². The summed E-state index contributed by atoms with van der Waals surface area (Å²) in [5.41, 5.74) is 1.29. The van der Waals surface area contributed by atoms with Crippen LogP contribution in [0, 0.1) is 5.92 Å². The van der Waals surface area contributed by atoms with Gasteiger partial charge in [0.1, 0.15) is 11.9 Å². The Morgan fingerprint density at radius 3 is 2.80 bits per heavy atom. The van der Waals surface area contributed by atoms with Crippen LogP contribution in [0.5, 0.6) is 5.75 Å². The van der Waals surface area contributed by atoms with E-state index in [0.717, 1.165) is 25.0 Å². The Kier molecular flexibility index (Phi) is 5.47. The first-order valence-electron chi connectivity index (χ1n) is 8.04. The molecule has 0 saturated heterocycles. The van der Waals surface area contributed by atoms with E-state index in [-0.39, 0.29) is 12.2 Å². The van der Waals surface area contributed by atoms with E-state index in [1.54, 1.807) is 0 Å². The van der Waals surface area contributed by atoms with E-state index in [2.05, 4.69) is 32.9 Å². The molecule has 112 valence electrons. The third kappa shape index (κ3) is 3.99. The van der Waals surface area contributed by atoms with Gasteiger partial charge in [0.15, 0.2) is 0 Å². The van der Waals surface area contributed by atoms with E-state index in [4.69, 9.17) is 4.74 Å². The fourth-order valence-electron chi connectivity index (χ4n) is 3.11. The van der Waals surface area contributed by atoms with Gasteiger partial charge < -0.3 is 9.84 Å². The van der Waals surface area contributed by atoms with Crippen molar-refractivity contribution in [1.82, 2.24) is 0 Å². The molecule has 1 aromatic carbocycles. The van der Waals surface area contributed by atoms with Crippen molar-refractivity contribution < 1.29 is 9.84 Å². The second-order valence-corrected chi connectivity index (χ2v) is 6.42. The molecule has 3 unspecified atom stereocenters. The second-order valence-electron chi connectivity index (χ2n) is 6.42. The van der Waals surface area contributed by atoms with Crippen LogP contribution in [0.4, 0.5) is 0 Å². The number of hydrogen-bond donors (Lipinski definition) is 1. The van der Waals surface area contributed by atoms with Crippen molar-refractivity contribution in [1.29, 1.82) is 0 Å². The first-order chi connectivity index (χ1) is 9.60. The highest BCUT2D eigenvalue weighted by Gasteiger charge is 2.30. The number of hydrogen-bond acceptors (Lipinski definition) is 2. The molecule has 1 aliphatic rings. The smallest absolute Gasteiger partial charge is 0.125 e. The molecule has 1 N–H and O–H groups in total. The fraction of sp³-hybridized carbons (Fsp3) is 0.667. The number of aliphatic hydroxyl groups excluding tert-OH is 1. The van der Waals surface area contributed by atoms with Gasteiger partial charge in [-0.1, -0.05) is 45.7 Å². The van der Waals surface area contributed by atoms with Gasteiger partial charge in [-0.25, -0.2) is 0 Å². The standard InChI is InChI=1S/C18H28O2/c1-4-6-14-9-10-17(19)18(11-14)20-16-8-5-7-15(12-16)13(2)3/h5,7-8,12-14,17-19H,4,6,9-11H2,1-3H3. The molecule has 1 fully saturated rings. The van der Waals surface area contributed by atoms with E-state index in [0.29, 0.717) is 11.8 Å². The van der Waals surface area contributed by atoms with Crippen LogP contribution < -0.4 is 4.74 Å². The van der Waals surface area contributed by atoms with Crippen molar-refractivity contribution in [3.05, 3.63) is 29.8 Å². The summed E-state index contributed by atoms with van der Waals surface area (Å²) in [6, 6.07) is 8.29. The zero-order valence-corrected chi connectivity index (χ0v) is 13.0. The van der Waals surface area contributed by atoms with Crippen LogP contribution in [0.2, 0.25) is 0 Å². The first-order valence-corrected chi connectivity index (χ1v) is 8.04. The molecule has 0 amide bonds. The van der Waals surface area contributed by atoms with Gasteiger partial charge in [-0.05, 0) is 48.8 Å². The number of ether oxygens (including phenoxy) is 1. The van der Waals surface area contributed by atoms with Crippen LogP contribution >= 0.6 is 0 Å². The maximum atomic E-state index is 10.2. The molecule has 0 heterocycles. The monoisotopic (exact) mass is 276 g/mol. The molecule has 1 saturated carbocycles. The summed E-state index contributed by atoms with van der Waals surface area (Å²) in [4.78, 5) is 0. The van der Waals surface area contributed by atoms with Gasteiger partial charge in [-0.15, -0.1) is 0 Å². The molecule has 1 aliphatic carbocycles. The fourth-order valence-corrected chi connectivity index (χ4v) is 3.11. The SMILES string of the molecule is CCCC1CCC(O)C(Oc2cccc(C(C)C)c2)C1. The molecule has 0 radical (unpaired) electrons. The minimum Gasteiger partial charge on any atom is -0.488 e. The Hall–Kier alpha value is -1.02. The number of rotatable bonds is 5. The van der Waals surface area contributed by atoms with Crippen LogP contribution in [-0.2, 0) is 0 Å². The summed E-state index contributed by atoms with van der Waals surface area (Å²) in [6.07, 6.45) is 5.11. The Balaban J connectivity index is 2.01. The quantitative estimate of drug-likeness (QED) is 0.857. The lowest BCUT2D eigenvalue weighted by Gasteiger charge is -2.33. The Morgan fingerprint density at radius 2 is 2.10 bits per heavy atom. The van der Waals surface area contributed by atoms with Crippen LogP contribution in [0.3, 0.4) is 0 Å². The summed E-state index contributed by atoms with van der Waals surface area (Å²) < 4.78 is 6.08. The Morgan fingerprint density at radius 1 is 1.30 bits per heavy atom.